The maximum absolute atomic E-state index is 12.1. The number of likely N-dealkylation sites (tertiary alicyclic amines) is 1. The maximum atomic E-state index is 12.1. The van der Waals surface area contributed by atoms with E-state index >= 15 is 0 Å². The van der Waals surface area contributed by atoms with Crippen LogP contribution in [0, 0.1) is 0 Å². The number of rotatable bonds is 2. The van der Waals surface area contributed by atoms with Crippen LogP contribution in [0.5, 0.6) is 0 Å². The minimum atomic E-state index is -0.408. The van der Waals surface area contributed by atoms with E-state index in [0.29, 0.717) is 24.4 Å². The van der Waals surface area contributed by atoms with Gasteiger partial charge in [-0.1, -0.05) is 0 Å². The van der Waals surface area contributed by atoms with Crippen molar-refractivity contribution in [2.75, 3.05) is 36.4 Å². The lowest BCUT2D eigenvalue weighted by molar-refractivity contribution is 0.0309. The van der Waals surface area contributed by atoms with Gasteiger partial charge in [-0.2, -0.15) is 5.10 Å². The first-order valence-electron chi connectivity index (χ1n) is 7.54. The number of β-amino-alcohol motifs (C(OH)–C–C–N with tert-alkyl or cyclic N) is 1. The summed E-state index contributed by atoms with van der Waals surface area (Å²) in [7, 11) is 0. The standard InChI is InChI=1S/C14H18N6O2/c21-10-8-19(9-10)14(22)16-11-7-15-20-6-3-12(17-13(11)20)18-4-1-2-5-18/h3,6-7,10,21H,1-2,4-5,8-9H2,(H,16,22). The van der Waals surface area contributed by atoms with Gasteiger partial charge in [-0.25, -0.2) is 14.3 Å². The molecule has 2 amide bonds. The number of anilines is 2. The molecule has 116 valence electrons. The van der Waals surface area contributed by atoms with E-state index in [1.165, 1.54) is 12.8 Å². The molecule has 22 heavy (non-hydrogen) atoms. The van der Waals surface area contributed by atoms with Crippen molar-refractivity contribution in [3.8, 4) is 0 Å². The molecule has 2 N–H and O–H groups in total. The molecule has 4 heterocycles. The third kappa shape index (κ3) is 2.25. The third-order valence-electron chi connectivity index (χ3n) is 4.18. The van der Waals surface area contributed by atoms with Crippen molar-refractivity contribution in [2.24, 2.45) is 0 Å². The number of amides is 2. The molecule has 8 heteroatoms. The lowest BCUT2D eigenvalue weighted by Crippen LogP contribution is -2.54. The van der Waals surface area contributed by atoms with Gasteiger partial charge in [0.05, 0.1) is 25.4 Å². The van der Waals surface area contributed by atoms with Gasteiger partial charge in [0.2, 0.25) is 0 Å². The molecule has 8 nitrogen and oxygen atoms in total. The van der Waals surface area contributed by atoms with Crippen molar-refractivity contribution in [3.63, 3.8) is 0 Å². The molecule has 2 aliphatic rings. The molecule has 0 saturated carbocycles. The number of aliphatic hydroxyl groups excluding tert-OH is 1. The van der Waals surface area contributed by atoms with Gasteiger partial charge in [0.1, 0.15) is 11.5 Å². The van der Waals surface area contributed by atoms with E-state index < -0.39 is 6.10 Å². The monoisotopic (exact) mass is 302 g/mol. The van der Waals surface area contributed by atoms with Crippen LogP contribution in [-0.4, -0.2) is 62.9 Å². The van der Waals surface area contributed by atoms with Crippen LogP contribution < -0.4 is 10.2 Å². The maximum Gasteiger partial charge on any atom is 0.322 e. The quantitative estimate of drug-likeness (QED) is 0.845. The van der Waals surface area contributed by atoms with Crippen molar-refractivity contribution >= 4 is 23.2 Å². The van der Waals surface area contributed by atoms with E-state index in [2.05, 4.69) is 20.3 Å². The molecule has 2 aromatic rings. The van der Waals surface area contributed by atoms with Crippen molar-refractivity contribution in [2.45, 2.75) is 18.9 Å². The molecule has 2 saturated heterocycles. The summed E-state index contributed by atoms with van der Waals surface area (Å²) in [5.74, 6) is 0.917. The van der Waals surface area contributed by atoms with Gasteiger partial charge in [-0.05, 0) is 18.9 Å². The SMILES string of the molecule is O=C(Nc1cnn2ccc(N3CCCC3)nc12)N1CC(O)C1. The van der Waals surface area contributed by atoms with Gasteiger partial charge in [-0.3, -0.25) is 0 Å². The van der Waals surface area contributed by atoms with Gasteiger partial charge in [0.25, 0.3) is 0 Å². The van der Waals surface area contributed by atoms with E-state index in [1.807, 2.05) is 12.3 Å². The fourth-order valence-electron chi connectivity index (χ4n) is 2.89. The zero-order chi connectivity index (χ0) is 15.1. The molecule has 2 aromatic heterocycles. The van der Waals surface area contributed by atoms with E-state index in [4.69, 9.17) is 0 Å². The van der Waals surface area contributed by atoms with Crippen LogP contribution in [0.4, 0.5) is 16.3 Å². The average Bonchev–Trinajstić information content (AvgIpc) is 3.13. The molecule has 0 bridgehead atoms. The van der Waals surface area contributed by atoms with E-state index in [9.17, 15) is 9.90 Å². The number of fused-ring (bicyclic) bond motifs is 1. The van der Waals surface area contributed by atoms with Crippen LogP contribution in [0.1, 0.15) is 12.8 Å². The molecule has 0 atom stereocenters. The minimum absolute atomic E-state index is 0.228. The highest BCUT2D eigenvalue weighted by Gasteiger charge is 2.29. The summed E-state index contributed by atoms with van der Waals surface area (Å²) in [4.78, 5) is 20.5. The molecule has 0 spiro atoms. The topological polar surface area (TPSA) is 86.0 Å². The number of hydrogen-bond acceptors (Lipinski definition) is 5. The van der Waals surface area contributed by atoms with Gasteiger partial charge in [0, 0.05) is 19.3 Å². The predicted octanol–water partition coefficient (Wildman–Crippen LogP) is 0.538. The largest absolute Gasteiger partial charge is 0.389 e. The molecular formula is C14H18N6O2. The van der Waals surface area contributed by atoms with Gasteiger partial charge in [-0.15, -0.1) is 0 Å². The Morgan fingerprint density at radius 1 is 1.32 bits per heavy atom. The lowest BCUT2D eigenvalue weighted by atomic mass is 10.2. The van der Waals surface area contributed by atoms with Crippen LogP contribution in [0.3, 0.4) is 0 Å². The van der Waals surface area contributed by atoms with Gasteiger partial charge in [0.15, 0.2) is 5.65 Å². The highest BCUT2D eigenvalue weighted by Crippen LogP contribution is 2.22. The first-order valence-corrected chi connectivity index (χ1v) is 7.54. The van der Waals surface area contributed by atoms with Crippen molar-refractivity contribution < 1.29 is 9.90 Å². The highest BCUT2D eigenvalue weighted by atomic mass is 16.3. The second-order valence-electron chi connectivity index (χ2n) is 5.80. The van der Waals surface area contributed by atoms with Gasteiger partial charge >= 0.3 is 6.03 Å². The molecule has 4 rings (SSSR count). The fraction of sp³-hybridized carbons (Fsp3) is 0.500. The zero-order valence-electron chi connectivity index (χ0n) is 12.1. The minimum Gasteiger partial charge on any atom is -0.389 e. The summed E-state index contributed by atoms with van der Waals surface area (Å²) in [6, 6.07) is 1.72. The van der Waals surface area contributed by atoms with Gasteiger partial charge < -0.3 is 20.2 Å². The summed E-state index contributed by atoms with van der Waals surface area (Å²) < 4.78 is 1.65. The summed E-state index contributed by atoms with van der Waals surface area (Å²) in [6.07, 6.45) is 5.43. The summed E-state index contributed by atoms with van der Waals surface area (Å²) in [6.45, 7) is 2.78. The Morgan fingerprint density at radius 3 is 2.82 bits per heavy atom. The normalized spacial score (nSPS) is 18.8. The number of aliphatic hydroxyl groups is 1. The van der Waals surface area contributed by atoms with Crippen LogP contribution in [0.25, 0.3) is 5.65 Å². The zero-order valence-corrected chi connectivity index (χ0v) is 12.1. The Balaban J connectivity index is 1.57. The second-order valence-corrected chi connectivity index (χ2v) is 5.80. The molecule has 0 aliphatic carbocycles. The number of nitrogens with zero attached hydrogens (tertiary/aromatic N) is 5. The summed E-state index contributed by atoms with van der Waals surface area (Å²) >= 11 is 0. The molecule has 2 fully saturated rings. The van der Waals surface area contributed by atoms with Crippen LogP contribution >= 0.6 is 0 Å². The number of carbonyl (C=O) groups excluding carboxylic acids is 1. The number of hydrogen-bond donors (Lipinski definition) is 2. The van der Waals surface area contributed by atoms with Crippen molar-refractivity contribution in [3.05, 3.63) is 18.5 Å². The Labute approximate surface area is 127 Å². The first kappa shape index (κ1) is 13.3. The molecule has 0 aromatic carbocycles. The Hall–Kier alpha value is -2.35. The third-order valence-corrected chi connectivity index (χ3v) is 4.18. The second kappa shape index (κ2) is 5.13. The predicted molar refractivity (Wildman–Crippen MR) is 81.0 cm³/mol. The Bertz CT molecular complexity index is 702. The number of nitrogens with one attached hydrogen (secondary N) is 1. The number of aromatic nitrogens is 3. The van der Waals surface area contributed by atoms with Crippen molar-refractivity contribution in [1.29, 1.82) is 0 Å². The molecular weight excluding hydrogens is 284 g/mol. The Kier molecular flexibility index (Phi) is 3.11. The number of urea groups is 1. The Morgan fingerprint density at radius 2 is 2.09 bits per heavy atom. The average molecular weight is 302 g/mol. The highest BCUT2D eigenvalue weighted by molar-refractivity contribution is 5.93. The van der Waals surface area contributed by atoms with Crippen LogP contribution in [-0.2, 0) is 0 Å². The fourth-order valence-corrected chi connectivity index (χ4v) is 2.89. The first-order chi connectivity index (χ1) is 10.7. The summed E-state index contributed by atoms with van der Waals surface area (Å²) in [5, 5.41) is 16.3. The van der Waals surface area contributed by atoms with Crippen LogP contribution in [0.15, 0.2) is 18.5 Å². The summed E-state index contributed by atoms with van der Waals surface area (Å²) in [5.41, 5.74) is 1.23. The van der Waals surface area contributed by atoms with E-state index in [1.54, 1.807) is 15.6 Å². The van der Waals surface area contributed by atoms with E-state index in [-0.39, 0.29) is 6.03 Å². The lowest BCUT2D eigenvalue weighted by Gasteiger charge is -2.35. The van der Waals surface area contributed by atoms with E-state index in [0.717, 1.165) is 18.9 Å². The van der Waals surface area contributed by atoms with Crippen LogP contribution in [0.2, 0.25) is 0 Å². The van der Waals surface area contributed by atoms with Crippen molar-refractivity contribution in [1.82, 2.24) is 19.5 Å². The molecule has 0 unspecified atom stereocenters. The smallest absolute Gasteiger partial charge is 0.322 e. The molecule has 0 radical (unpaired) electrons. The molecule has 2 aliphatic heterocycles. The number of carbonyl (C=O) groups is 1.